The fourth-order valence-electron chi connectivity index (χ4n) is 3.29. The van der Waals surface area contributed by atoms with Crippen LogP contribution >= 0.6 is 0 Å². The molecule has 7 heteroatoms. The summed E-state index contributed by atoms with van der Waals surface area (Å²) in [5.74, 6) is 0.359. The van der Waals surface area contributed by atoms with Crippen molar-refractivity contribution in [2.24, 2.45) is 5.73 Å². The van der Waals surface area contributed by atoms with E-state index in [9.17, 15) is 4.79 Å². The third-order valence-corrected chi connectivity index (χ3v) is 4.74. The second kappa shape index (κ2) is 8.06. The Bertz CT molecular complexity index is 989. The van der Waals surface area contributed by atoms with Crippen molar-refractivity contribution in [2.75, 3.05) is 31.1 Å². The molecular formula is C21H22N6O. The summed E-state index contributed by atoms with van der Waals surface area (Å²) in [4.78, 5) is 25.9. The van der Waals surface area contributed by atoms with Crippen molar-refractivity contribution < 1.29 is 4.79 Å². The zero-order chi connectivity index (χ0) is 19.3. The molecule has 0 radical (unpaired) electrons. The predicted octanol–water partition coefficient (Wildman–Crippen LogP) is 2.15. The first-order valence-corrected chi connectivity index (χ1v) is 9.24. The Morgan fingerprint density at radius 3 is 2.61 bits per heavy atom. The van der Waals surface area contributed by atoms with Crippen LogP contribution in [0.2, 0.25) is 0 Å². The van der Waals surface area contributed by atoms with Gasteiger partial charge >= 0.3 is 0 Å². The molecule has 0 unspecified atom stereocenters. The molecule has 1 aliphatic heterocycles. The maximum absolute atomic E-state index is 12.0. The van der Waals surface area contributed by atoms with Gasteiger partial charge in [-0.25, -0.2) is 0 Å². The highest BCUT2D eigenvalue weighted by Gasteiger charge is 2.20. The Hall–Kier alpha value is -3.45. The Labute approximate surface area is 163 Å². The first-order valence-electron chi connectivity index (χ1n) is 9.24. The number of aromatic nitrogens is 3. The summed E-state index contributed by atoms with van der Waals surface area (Å²) >= 11 is 0. The van der Waals surface area contributed by atoms with Crippen molar-refractivity contribution in [1.29, 1.82) is 0 Å². The number of piperazine rings is 1. The summed E-state index contributed by atoms with van der Waals surface area (Å²) in [6.45, 7) is 3.42. The molecular weight excluding hydrogens is 352 g/mol. The van der Waals surface area contributed by atoms with Gasteiger partial charge in [-0.2, -0.15) is 0 Å². The molecule has 1 saturated heterocycles. The van der Waals surface area contributed by atoms with Crippen LogP contribution in [0.15, 0.2) is 48.9 Å². The second-order valence-corrected chi connectivity index (χ2v) is 6.63. The van der Waals surface area contributed by atoms with Crippen LogP contribution in [0, 0.1) is 0 Å². The number of anilines is 1. The van der Waals surface area contributed by atoms with E-state index in [4.69, 9.17) is 5.73 Å². The molecule has 28 heavy (non-hydrogen) atoms. The number of rotatable bonds is 5. The van der Waals surface area contributed by atoms with Crippen molar-refractivity contribution in [3.05, 3.63) is 65.7 Å². The lowest BCUT2D eigenvalue weighted by Gasteiger charge is -2.28. The molecule has 3 aromatic heterocycles. The summed E-state index contributed by atoms with van der Waals surface area (Å²) in [5, 5.41) is 3.32. The lowest BCUT2D eigenvalue weighted by atomic mass is 10.1. The van der Waals surface area contributed by atoms with Crippen molar-refractivity contribution in [3.63, 3.8) is 0 Å². The molecule has 1 amide bonds. The molecule has 0 bridgehead atoms. The monoisotopic (exact) mass is 374 g/mol. The van der Waals surface area contributed by atoms with Crippen LogP contribution in [0.1, 0.15) is 21.6 Å². The zero-order valence-electron chi connectivity index (χ0n) is 15.4. The van der Waals surface area contributed by atoms with E-state index in [0.29, 0.717) is 5.56 Å². The number of pyridine rings is 2. The molecule has 4 N–H and O–H groups in total. The average molecular weight is 374 g/mol. The number of nitrogens with two attached hydrogens (primary N) is 1. The van der Waals surface area contributed by atoms with Gasteiger partial charge in [-0.3, -0.25) is 14.8 Å². The van der Waals surface area contributed by atoms with E-state index in [1.54, 1.807) is 18.6 Å². The molecule has 4 rings (SSSR count). The number of nitrogens with zero attached hydrogens (tertiary/aromatic N) is 3. The highest BCUT2D eigenvalue weighted by Crippen LogP contribution is 2.28. The van der Waals surface area contributed by atoms with Gasteiger partial charge in [-0.1, -0.05) is 6.08 Å². The molecule has 4 heterocycles. The minimum atomic E-state index is -0.428. The van der Waals surface area contributed by atoms with E-state index in [0.717, 1.165) is 54.5 Å². The number of H-pyrrole nitrogens is 1. The smallest absolute Gasteiger partial charge is 0.252 e. The third kappa shape index (κ3) is 3.94. The lowest BCUT2D eigenvalue weighted by Crippen LogP contribution is -2.44. The summed E-state index contributed by atoms with van der Waals surface area (Å²) in [5.41, 5.74) is 9.83. The average Bonchev–Trinajstić information content (AvgIpc) is 3.20. The lowest BCUT2D eigenvalue weighted by molar-refractivity contribution is 0.100. The van der Waals surface area contributed by atoms with Gasteiger partial charge in [0.05, 0.1) is 11.3 Å². The van der Waals surface area contributed by atoms with Gasteiger partial charge in [-0.05, 0) is 42.0 Å². The van der Waals surface area contributed by atoms with Crippen LogP contribution < -0.4 is 16.0 Å². The van der Waals surface area contributed by atoms with E-state index in [1.165, 1.54) is 0 Å². The molecule has 1 fully saturated rings. The standard InChI is InChI=1S/C21H22N6O/c22-20(28)18-14-19(26-21(18)27-11-9-24-10-12-27)16-5-8-25-17(13-16)2-1-15-3-6-23-7-4-15/h1-8,13-14,24,26H,9-12H2,(H2,22,28)/b2-1+. The number of carbonyl (C=O) groups is 1. The molecule has 0 aromatic carbocycles. The number of nitrogens with one attached hydrogen (secondary N) is 2. The second-order valence-electron chi connectivity index (χ2n) is 6.63. The maximum Gasteiger partial charge on any atom is 0.252 e. The van der Waals surface area contributed by atoms with Gasteiger partial charge < -0.3 is 20.9 Å². The first kappa shape index (κ1) is 17.9. The zero-order valence-corrected chi connectivity index (χ0v) is 15.4. The van der Waals surface area contributed by atoms with E-state index in [1.807, 2.05) is 42.5 Å². The van der Waals surface area contributed by atoms with Crippen molar-refractivity contribution in [2.45, 2.75) is 0 Å². The molecule has 1 aliphatic rings. The normalized spacial score (nSPS) is 14.5. The van der Waals surface area contributed by atoms with Crippen LogP contribution in [0.25, 0.3) is 23.4 Å². The number of hydrogen-bond acceptors (Lipinski definition) is 5. The topological polar surface area (TPSA) is 99.9 Å². The fourth-order valence-corrected chi connectivity index (χ4v) is 3.29. The molecule has 142 valence electrons. The van der Waals surface area contributed by atoms with Gasteiger partial charge in [0.15, 0.2) is 0 Å². The number of carbonyl (C=O) groups excluding carboxylic acids is 1. The van der Waals surface area contributed by atoms with Crippen molar-refractivity contribution >= 4 is 23.9 Å². The summed E-state index contributed by atoms with van der Waals surface area (Å²) in [7, 11) is 0. The minimum absolute atomic E-state index is 0.428. The Kier molecular flexibility index (Phi) is 5.16. The van der Waals surface area contributed by atoms with Gasteiger partial charge in [0, 0.05) is 56.0 Å². The Balaban J connectivity index is 1.64. The Morgan fingerprint density at radius 2 is 1.86 bits per heavy atom. The Morgan fingerprint density at radius 1 is 1.07 bits per heavy atom. The summed E-state index contributed by atoms with van der Waals surface area (Å²) < 4.78 is 0. The van der Waals surface area contributed by atoms with Crippen molar-refractivity contribution in [1.82, 2.24) is 20.3 Å². The van der Waals surface area contributed by atoms with Gasteiger partial charge in [0.1, 0.15) is 5.82 Å². The predicted molar refractivity (Wildman–Crippen MR) is 111 cm³/mol. The van der Waals surface area contributed by atoms with Gasteiger partial charge in [0.25, 0.3) is 5.91 Å². The van der Waals surface area contributed by atoms with Gasteiger partial charge in [-0.15, -0.1) is 0 Å². The largest absolute Gasteiger partial charge is 0.365 e. The fraction of sp³-hybridized carbons (Fsp3) is 0.190. The number of hydrogen-bond donors (Lipinski definition) is 3. The van der Waals surface area contributed by atoms with E-state index in [-0.39, 0.29) is 0 Å². The van der Waals surface area contributed by atoms with Crippen LogP contribution in [0.5, 0.6) is 0 Å². The van der Waals surface area contributed by atoms with E-state index in [2.05, 4.69) is 25.2 Å². The van der Waals surface area contributed by atoms with Gasteiger partial charge in [0.2, 0.25) is 0 Å². The molecule has 7 nitrogen and oxygen atoms in total. The van der Waals surface area contributed by atoms with E-state index >= 15 is 0 Å². The summed E-state index contributed by atoms with van der Waals surface area (Å²) in [6.07, 6.45) is 9.21. The molecule has 0 atom stereocenters. The van der Waals surface area contributed by atoms with Crippen LogP contribution in [-0.2, 0) is 0 Å². The maximum atomic E-state index is 12.0. The third-order valence-electron chi connectivity index (χ3n) is 4.74. The highest BCUT2D eigenvalue weighted by atomic mass is 16.1. The SMILES string of the molecule is NC(=O)c1cc(-c2ccnc(/C=C/c3ccncc3)c2)[nH]c1N1CCNCC1. The first-order chi connectivity index (χ1) is 13.7. The molecule has 0 spiro atoms. The minimum Gasteiger partial charge on any atom is -0.365 e. The van der Waals surface area contributed by atoms with Crippen LogP contribution in [0.3, 0.4) is 0 Å². The van der Waals surface area contributed by atoms with Crippen molar-refractivity contribution in [3.8, 4) is 11.3 Å². The highest BCUT2D eigenvalue weighted by molar-refractivity contribution is 5.99. The van der Waals surface area contributed by atoms with E-state index < -0.39 is 5.91 Å². The number of aromatic amines is 1. The number of amides is 1. The quantitative estimate of drug-likeness (QED) is 0.635. The number of primary amides is 1. The summed E-state index contributed by atoms with van der Waals surface area (Å²) in [6, 6.07) is 9.59. The van der Waals surface area contributed by atoms with Crippen LogP contribution in [0.4, 0.5) is 5.82 Å². The molecule has 3 aromatic rings. The van der Waals surface area contributed by atoms with Crippen LogP contribution in [-0.4, -0.2) is 47.0 Å². The molecule has 0 aliphatic carbocycles. The molecule has 0 saturated carbocycles.